The second kappa shape index (κ2) is 9.39. The van der Waals surface area contributed by atoms with Crippen LogP contribution in [-0.2, 0) is 6.54 Å². The third-order valence-electron chi connectivity index (χ3n) is 5.04. The smallest absolute Gasteiger partial charge is 0.255 e. The van der Waals surface area contributed by atoms with Crippen LogP contribution in [0.1, 0.15) is 57.4 Å². The molecule has 30 heavy (non-hydrogen) atoms. The maximum Gasteiger partial charge on any atom is 0.255 e. The zero-order valence-electron chi connectivity index (χ0n) is 18.0. The molecule has 0 aliphatic heterocycles. The number of nitrogens with zero attached hydrogens (tertiary/aromatic N) is 2. The first-order valence-electron chi connectivity index (χ1n) is 10.2. The highest BCUT2D eigenvalue weighted by Gasteiger charge is 2.16. The molecule has 6 nitrogen and oxygen atoms in total. The van der Waals surface area contributed by atoms with E-state index in [-0.39, 0.29) is 11.8 Å². The largest absolute Gasteiger partial charge is 0.322 e. The predicted octanol–water partition coefficient (Wildman–Crippen LogP) is 5.11. The van der Waals surface area contributed by atoms with Crippen molar-refractivity contribution in [3.05, 3.63) is 76.6 Å². The number of hydrogen-bond acceptors (Lipinski definition) is 3. The van der Waals surface area contributed by atoms with Gasteiger partial charge in [0.2, 0.25) is 0 Å². The number of aromatic nitrogens is 2. The van der Waals surface area contributed by atoms with Crippen LogP contribution in [-0.4, -0.2) is 21.6 Å². The average Bonchev–Trinajstić information content (AvgIpc) is 3.00. The van der Waals surface area contributed by atoms with Crippen LogP contribution in [0.3, 0.4) is 0 Å². The first-order chi connectivity index (χ1) is 14.4. The molecule has 0 saturated carbocycles. The number of unbranched alkanes of at least 4 members (excludes halogenated alkanes) is 1. The first kappa shape index (κ1) is 21.3. The van der Waals surface area contributed by atoms with Gasteiger partial charge in [0, 0.05) is 23.4 Å². The van der Waals surface area contributed by atoms with Gasteiger partial charge in [0.15, 0.2) is 0 Å². The molecular weight excluding hydrogens is 376 g/mol. The zero-order chi connectivity index (χ0) is 21.7. The number of hydrogen-bond donors (Lipinski definition) is 2. The van der Waals surface area contributed by atoms with Crippen molar-refractivity contribution >= 4 is 23.2 Å². The second-order valence-electron chi connectivity index (χ2n) is 7.48. The highest BCUT2D eigenvalue weighted by molar-refractivity contribution is 6.07. The maximum absolute atomic E-state index is 12.8. The van der Waals surface area contributed by atoms with Gasteiger partial charge in [-0.2, -0.15) is 5.10 Å². The number of rotatable bonds is 7. The Morgan fingerprint density at radius 3 is 2.33 bits per heavy atom. The fourth-order valence-corrected chi connectivity index (χ4v) is 3.24. The van der Waals surface area contributed by atoms with Crippen molar-refractivity contribution in [3.8, 4) is 0 Å². The van der Waals surface area contributed by atoms with E-state index in [0.29, 0.717) is 16.8 Å². The number of carbonyl (C=O) groups is 2. The molecular formula is C24H28N4O2. The van der Waals surface area contributed by atoms with Gasteiger partial charge in [-0.15, -0.1) is 0 Å². The van der Waals surface area contributed by atoms with Gasteiger partial charge in [-0.3, -0.25) is 14.3 Å². The van der Waals surface area contributed by atoms with E-state index in [1.54, 1.807) is 36.4 Å². The third-order valence-corrected chi connectivity index (χ3v) is 5.04. The van der Waals surface area contributed by atoms with Crippen LogP contribution >= 0.6 is 0 Å². The molecule has 1 aromatic heterocycles. The van der Waals surface area contributed by atoms with Crippen molar-refractivity contribution in [1.29, 1.82) is 0 Å². The van der Waals surface area contributed by atoms with Gasteiger partial charge in [-0.25, -0.2) is 0 Å². The molecule has 0 aliphatic carbocycles. The van der Waals surface area contributed by atoms with Crippen molar-refractivity contribution in [2.24, 2.45) is 0 Å². The Morgan fingerprint density at radius 1 is 0.933 bits per heavy atom. The van der Waals surface area contributed by atoms with E-state index < -0.39 is 0 Å². The Kier molecular flexibility index (Phi) is 6.67. The summed E-state index contributed by atoms with van der Waals surface area (Å²) in [7, 11) is 0. The Balaban J connectivity index is 1.73. The Morgan fingerprint density at radius 2 is 1.63 bits per heavy atom. The molecule has 3 rings (SSSR count). The molecule has 0 fully saturated rings. The van der Waals surface area contributed by atoms with E-state index in [4.69, 9.17) is 0 Å². The minimum Gasteiger partial charge on any atom is -0.322 e. The van der Waals surface area contributed by atoms with Gasteiger partial charge < -0.3 is 10.6 Å². The summed E-state index contributed by atoms with van der Waals surface area (Å²) in [4.78, 5) is 25.3. The molecule has 1 heterocycles. The fourth-order valence-electron chi connectivity index (χ4n) is 3.24. The van der Waals surface area contributed by atoms with Crippen LogP contribution in [0.15, 0.2) is 48.5 Å². The number of nitrogens with one attached hydrogen (secondary N) is 2. The van der Waals surface area contributed by atoms with Crippen molar-refractivity contribution in [1.82, 2.24) is 9.78 Å². The van der Waals surface area contributed by atoms with Crippen LogP contribution in [0, 0.1) is 20.8 Å². The topological polar surface area (TPSA) is 76.0 Å². The highest BCUT2D eigenvalue weighted by Crippen LogP contribution is 2.21. The molecule has 156 valence electrons. The van der Waals surface area contributed by atoms with Gasteiger partial charge in [0.1, 0.15) is 0 Å². The molecule has 0 radical (unpaired) electrons. The van der Waals surface area contributed by atoms with Gasteiger partial charge >= 0.3 is 0 Å². The Labute approximate surface area is 177 Å². The lowest BCUT2D eigenvalue weighted by molar-refractivity contribution is 0.101. The predicted molar refractivity (Wildman–Crippen MR) is 120 cm³/mol. The average molecular weight is 405 g/mol. The summed E-state index contributed by atoms with van der Waals surface area (Å²) >= 11 is 0. The van der Waals surface area contributed by atoms with Gasteiger partial charge in [0.25, 0.3) is 11.8 Å². The van der Waals surface area contributed by atoms with Crippen LogP contribution in [0.5, 0.6) is 0 Å². The molecule has 0 aliphatic rings. The van der Waals surface area contributed by atoms with Crippen molar-refractivity contribution < 1.29 is 9.59 Å². The lowest BCUT2D eigenvalue weighted by Gasteiger charge is -2.09. The summed E-state index contributed by atoms with van der Waals surface area (Å²) in [6.07, 6.45) is 2.12. The molecule has 3 aromatic rings. The minimum atomic E-state index is -0.234. The quantitative estimate of drug-likeness (QED) is 0.574. The van der Waals surface area contributed by atoms with E-state index in [9.17, 15) is 9.59 Å². The molecule has 2 aromatic carbocycles. The van der Waals surface area contributed by atoms with Crippen LogP contribution in [0.25, 0.3) is 0 Å². The van der Waals surface area contributed by atoms with Crippen molar-refractivity contribution in [3.63, 3.8) is 0 Å². The van der Waals surface area contributed by atoms with Gasteiger partial charge in [0.05, 0.1) is 17.1 Å². The summed E-state index contributed by atoms with van der Waals surface area (Å²) < 4.78 is 1.94. The van der Waals surface area contributed by atoms with Crippen molar-refractivity contribution in [2.45, 2.75) is 47.1 Å². The number of amides is 2. The van der Waals surface area contributed by atoms with Gasteiger partial charge in [-0.1, -0.05) is 37.1 Å². The molecule has 0 bridgehead atoms. The van der Waals surface area contributed by atoms with Gasteiger partial charge in [-0.05, 0) is 57.5 Å². The Bertz CT molecular complexity index is 1050. The molecule has 2 N–H and O–H groups in total. The van der Waals surface area contributed by atoms with E-state index in [1.165, 1.54) is 0 Å². The standard InChI is InChI=1S/C24H28N4O2/c1-5-6-14-28-18(4)22(17(3)27-28)26-24(30)20-8-7-9-21(15-20)25-23(29)19-12-10-16(2)11-13-19/h7-13,15H,5-6,14H2,1-4H3,(H,25,29)(H,26,30). The summed E-state index contributed by atoms with van der Waals surface area (Å²) in [6, 6.07) is 14.3. The highest BCUT2D eigenvalue weighted by atomic mass is 16.2. The normalized spacial score (nSPS) is 10.7. The van der Waals surface area contributed by atoms with Crippen LogP contribution in [0.2, 0.25) is 0 Å². The van der Waals surface area contributed by atoms with E-state index in [1.807, 2.05) is 37.6 Å². The third kappa shape index (κ3) is 4.95. The molecule has 0 saturated heterocycles. The summed E-state index contributed by atoms with van der Waals surface area (Å²) in [6.45, 7) is 8.80. The van der Waals surface area contributed by atoms with E-state index in [0.717, 1.165) is 42.0 Å². The summed E-state index contributed by atoms with van der Waals surface area (Å²) in [5.74, 6) is -0.445. The zero-order valence-corrected chi connectivity index (χ0v) is 18.0. The molecule has 0 atom stereocenters. The molecule has 2 amide bonds. The second-order valence-corrected chi connectivity index (χ2v) is 7.48. The van der Waals surface area contributed by atoms with Crippen LogP contribution < -0.4 is 10.6 Å². The minimum absolute atomic E-state index is 0.212. The lowest BCUT2D eigenvalue weighted by atomic mass is 10.1. The van der Waals surface area contributed by atoms with E-state index >= 15 is 0 Å². The number of carbonyl (C=O) groups excluding carboxylic acids is 2. The SMILES string of the molecule is CCCCn1nc(C)c(NC(=O)c2cccc(NC(=O)c3ccc(C)cc3)c2)c1C. The summed E-state index contributed by atoms with van der Waals surface area (Å²) in [5.41, 5.74) is 5.18. The van der Waals surface area contributed by atoms with Crippen LogP contribution in [0.4, 0.5) is 11.4 Å². The van der Waals surface area contributed by atoms with Crippen molar-refractivity contribution in [2.75, 3.05) is 10.6 Å². The molecule has 0 spiro atoms. The molecule has 0 unspecified atom stereocenters. The first-order valence-corrected chi connectivity index (χ1v) is 10.2. The Hall–Kier alpha value is -3.41. The number of benzene rings is 2. The number of anilines is 2. The monoisotopic (exact) mass is 404 g/mol. The van der Waals surface area contributed by atoms with E-state index in [2.05, 4.69) is 22.7 Å². The fraction of sp³-hybridized carbons (Fsp3) is 0.292. The lowest BCUT2D eigenvalue weighted by Crippen LogP contribution is -2.15. The maximum atomic E-state index is 12.8. The summed E-state index contributed by atoms with van der Waals surface area (Å²) in [5, 5.41) is 10.4. The molecule has 6 heteroatoms. The number of aryl methyl sites for hydroxylation is 3.